The lowest BCUT2D eigenvalue weighted by Crippen LogP contribution is -2.10. The fourth-order valence-electron chi connectivity index (χ4n) is 0.664. The molecule has 1 rings (SSSR count). The monoisotopic (exact) mass is 155 g/mol. The Morgan fingerprint density at radius 1 is 1.45 bits per heavy atom. The molecule has 0 aliphatic rings. The van der Waals surface area contributed by atoms with Crippen molar-refractivity contribution in [2.75, 3.05) is 0 Å². The molecule has 1 nitrogen and oxygen atoms in total. The summed E-state index contributed by atoms with van der Waals surface area (Å²) in [5.41, 5.74) is -0.269. The van der Waals surface area contributed by atoms with E-state index in [9.17, 15) is 8.78 Å². The number of halogens is 2. The van der Waals surface area contributed by atoms with Gasteiger partial charge in [-0.15, -0.1) is 0 Å². The van der Waals surface area contributed by atoms with Gasteiger partial charge in [0.15, 0.2) is 0 Å². The quantitative estimate of drug-likeness (QED) is 0.597. The van der Waals surface area contributed by atoms with E-state index in [4.69, 9.17) is 0 Å². The van der Waals surface area contributed by atoms with Crippen LogP contribution in [0.15, 0.2) is 37.1 Å². The van der Waals surface area contributed by atoms with Gasteiger partial charge in [-0.3, -0.25) is 4.98 Å². The summed E-state index contributed by atoms with van der Waals surface area (Å²) < 4.78 is 25.4. The van der Waals surface area contributed by atoms with Crippen LogP contribution >= 0.6 is 0 Å². The number of aromatic nitrogens is 1. The Bertz CT molecular complexity index is 244. The normalized spacial score (nSPS) is 11.1. The number of allylic oxidation sites excluding steroid dienone is 1. The zero-order valence-corrected chi connectivity index (χ0v) is 5.80. The van der Waals surface area contributed by atoms with Crippen LogP contribution in [0, 0.1) is 0 Å². The lowest BCUT2D eigenvalue weighted by atomic mass is 10.2. The number of pyridine rings is 1. The summed E-state index contributed by atoms with van der Waals surface area (Å²) in [6, 6.07) is 4.37. The predicted octanol–water partition coefficient (Wildman–Crippen LogP) is 2.36. The first-order valence-electron chi connectivity index (χ1n) is 3.10. The minimum atomic E-state index is -3.01. The molecule has 0 aliphatic carbocycles. The van der Waals surface area contributed by atoms with Crippen molar-refractivity contribution in [1.29, 1.82) is 0 Å². The minimum Gasteiger partial charge on any atom is -0.255 e. The van der Waals surface area contributed by atoms with Crippen molar-refractivity contribution < 1.29 is 8.78 Å². The fraction of sp³-hybridized carbons (Fsp3) is 0.125. The first kappa shape index (κ1) is 7.85. The van der Waals surface area contributed by atoms with E-state index in [1.54, 1.807) is 6.07 Å². The molecular formula is C8H7F2N. The summed E-state index contributed by atoms with van der Waals surface area (Å²) in [4.78, 5) is 3.50. The molecule has 58 valence electrons. The van der Waals surface area contributed by atoms with Crippen LogP contribution in [0.5, 0.6) is 0 Å². The van der Waals surface area contributed by atoms with Gasteiger partial charge in [0.05, 0.1) is 0 Å². The van der Waals surface area contributed by atoms with E-state index in [1.807, 2.05) is 0 Å². The third-order valence-electron chi connectivity index (χ3n) is 1.26. The van der Waals surface area contributed by atoms with Gasteiger partial charge in [0.2, 0.25) is 0 Å². The number of hydrogen-bond acceptors (Lipinski definition) is 1. The Kier molecular flexibility index (Phi) is 1.98. The smallest absolute Gasteiger partial charge is 0.255 e. The number of hydrogen-bond donors (Lipinski definition) is 0. The second kappa shape index (κ2) is 2.78. The zero-order chi connectivity index (χ0) is 8.32. The number of rotatable bonds is 2. The van der Waals surface area contributed by atoms with E-state index >= 15 is 0 Å². The summed E-state index contributed by atoms with van der Waals surface area (Å²) in [5, 5.41) is 0. The Morgan fingerprint density at radius 3 is 2.64 bits per heavy atom. The molecule has 0 amide bonds. The molecule has 1 aromatic heterocycles. The van der Waals surface area contributed by atoms with Gasteiger partial charge in [0.25, 0.3) is 0 Å². The van der Waals surface area contributed by atoms with Crippen LogP contribution in [-0.2, 0) is 5.92 Å². The second-order valence-electron chi connectivity index (χ2n) is 2.04. The van der Waals surface area contributed by atoms with Crippen molar-refractivity contribution in [3.05, 3.63) is 42.7 Å². The number of nitrogens with zero attached hydrogens (tertiary/aromatic N) is 1. The molecule has 0 fully saturated rings. The summed E-state index contributed by atoms with van der Waals surface area (Å²) >= 11 is 0. The molecule has 0 spiro atoms. The average molecular weight is 155 g/mol. The van der Waals surface area contributed by atoms with Crippen molar-refractivity contribution in [3.8, 4) is 0 Å². The molecule has 1 aromatic rings. The molecule has 1 heterocycles. The number of alkyl halides is 2. The molecule has 0 saturated carbocycles. The first-order chi connectivity index (χ1) is 5.17. The Labute approximate surface area is 63.4 Å². The van der Waals surface area contributed by atoms with Gasteiger partial charge in [0, 0.05) is 6.20 Å². The van der Waals surface area contributed by atoms with Crippen LogP contribution in [-0.4, -0.2) is 4.98 Å². The Hall–Kier alpha value is -1.25. The van der Waals surface area contributed by atoms with Gasteiger partial charge in [-0.1, -0.05) is 12.6 Å². The highest BCUT2D eigenvalue weighted by Crippen LogP contribution is 2.26. The van der Waals surface area contributed by atoms with E-state index < -0.39 is 5.92 Å². The molecular weight excluding hydrogens is 148 g/mol. The van der Waals surface area contributed by atoms with Crippen molar-refractivity contribution in [1.82, 2.24) is 4.98 Å². The van der Waals surface area contributed by atoms with Crippen molar-refractivity contribution in [3.63, 3.8) is 0 Å². The summed E-state index contributed by atoms with van der Waals surface area (Å²) in [6.45, 7) is 3.02. The predicted molar refractivity (Wildman–Crippen MR) is 38.3 cm³/mol. The van der Waals surface area contributed by atoms with Gasteiger partial charge in [0.1, 0.15) is 5.69 Å². The van der Waals surface area contributed by atoms with Crippen LogP contribution < -0.4 is 0 Å². The third kappa shape index (κ3) is 1.61. The minimum absolute atomic E-state index is 0.269. The van der Waals surface area contributed by atoms with Gasteiger partial charge in [-0.05, 0) is 18.2 Å². The standard InChI is InChI=1S/C8H7F2N/c1-2-8(9,10)7-5-3-4-6-11-7/h2-6H,1H2. The molecule has 0 N–H and O–H groups in total. The molecule has 0 atom stereocenters. The van der Waals surface area contributed by atoms with E-state index in [0.717, 1.165) is 0 Å². The maximum Gasteiger partial charge on any atom is 0.307 e. The summed E-state index contributed by atoms with van der Waals surface area (Å²) in [6.07, 6.45) is 1.90. The second-order valence-corrected chi connectivity index (χ2v) is 2.04. The average Bonchev–Trinajstić information content (AvgIpc) is 2.06. The highest BCUT2D eigenvalue weighted by atomic mass is 19.3. The Morgan fingerprint density at radius 2 is 2.18 bits per heavy atom. The highest BCUT2D eigenvalue weighted by Gasteiger charge is 2.27. The third-order valence-corrected chi connectivity index (χ3v) is 1.26. The van der Waals surface area contributed by atoms with Gasteiger partial charge in [-0.25, -0.2) is 0 Å². The van der Waals surface area contributed by atoms with Crippen molar-refractivity contribution in [2.45, 2.75) is 5.92 Å². The van der Waals surface area contributed by atoms with Crippen LogP contribution in [0.25, 0.3) is 0 Å². The van der Waals surface area contributed by atoms with Crippen LogP contribution in [0.3, 0.4) is 0 Å². The molecule has 0 unspecified atom stereocenters. The van der Waals surface area contributed by atoms with Crippen molar-refractivity contribution in [2.24, 2.45) is 0 Å². The summed E-state index contributed by atoms with van der Waals surface area (Å²) in [7, 11) is 0. The largest absolute Gasteiger partial charge is 0.307 e. The van der Waals surface area contributed by atoms with Gasteiger partial charge in [-0.2, -0.15) is 8.78 Å². The molecule has 0 saturated heterocycles. The SMILES string of the molecule is C=CC(F)(F)c1ccccn1. The van der Waals surface area contributed by atoms with Crippen LogP contribution in [0.1, 0.15) is 5.69 Å². The van der Waals surface area contributed by atoms with E-state index in [2.05, 4.69) is 11.6 Å². The maximum atomic E-state index is 12.7. The van der Waals surface area contributed by atoms with Crippen LogP contribution in [0.4, 0.5) is 8.78 Å². The lowest BCUT2D eigenvalue weighted by molar-refractivity contribution is 0.0476. The van der Waals surface area contributed by atoms with Gasteiger partial charge >= 0.3 is 5.92 Å². The molecule has 0 bridgehead atoms. The first-order valence-corrected chi connectivity index (χ1v) is 3.10. The van der Waals surface area contributed by atoms with E-state index in [-0.39, 0.29) is 5.69 Å². The molecule has 0 radical (unpaired) electrons. The Balaban J connectivity index is 3.02. The molecule has 11 heavy (non-hydrogen) atoms. The van der Waals surface area contributed by atoms with Crippen molar-refractivity contribution >= 4 is 0 Å². The highest BCUT2D eigenvalue weighted by molar-refractivity contribution is 5.14. The molecule has 3 heteroatoms. The molecule has 0 aromatic carbocycles. The van der Waals surface area contributed by atoms with Crippen LogP contribution in [0.2, 0.25) is 0 Å². The van der Waals surface area contributed by atoms with E-state index in [0.29, 0.717) is 6.08 Å². The van der Waals surface area contributed by atoms with E-state index in [1.165, 1.54) is 18.3 Å². The fourth-order valence-corrected chi connectivity index (χ4v) is 0.664. The maximum absolute atomic E-state index is 12.7. The molecule has 0 aliphatic heterocycles. The van der Waals surface area contributed by atoms with Gasteiger partial charge < -0.3 is 0 Å². The zero-order valence-electron chi connectivity index (χ0n) is 5.80. The topological polar surface area (TPSA) is 12.9 Å². The summed E-state index contributed by atoms with van der Waals surface area (Å²) in [5.74, 6) is -3.01. The lowest BCUT2D eigenvalue weighted by Gasteiger charge is -2.08.